The monoisotopic (exact) mass is 448 g/mol. The second kappa shape index (κ2) is 12.5. The molecule has 0 unspecified atom stereocenters. The van der Waals surface area contributed by atoms with Crippen LogP contribution in [0.15, 0.2) is 48.5 Å². The van der Waals surface area contributed by atoms with Crippen molar-refractivity contribution in [2.45, 2.75) is 0 Å². The van der Waals surface area contributed by atoms with Crippen molar-refractivity contribution in [3.05, 3.63) is 48.5 Å². The van der Waals surface area contributed by atoms with Gasteiger partial charge in [0, 0.05) is 61.1 Å². The van der Waals surface area contributed by atoms with Crippen molar-refractivity contribution in [2.24, 2.45) is 0 Å². The first-order chi connectivity index (χ1) is 13.2. The van der Waals surface area contributed by atoms with E-state index in [-0.39, 0.29) is 0 Å². The highest BCUT2D eigenvalue weighted by Gasteiger charge is 2.08. The van der Waals surface area contributed by atoms with Gasteiger partial charge >= 0.3 is 0 Å². The normalized spacial score (nSPS) is 10.7. The number of benzene rings is 2. The van der Waals surface area contributed by atoms with Crippen LogP contribution in [-0.2, 0) is 0 Å². The Kier molecular flexibility index (Phi) is 10.3. The molecule has 0 bridgehead atoms. The van der Waals surface area contributed by atoms with E-state index in [0.717, 1.165) is 49.1 Å². The van der Waals surface area contributed by atoms with Gasteiger partial charge in [-0.15, -0.1) is 46.4 Å². The largest absolute Gasteiger partial charge is 0.457 e. The maximum absolute atomic E-state index is 5.95. The average Bonchev–Trinajstić information content (AvgIpc) is 2.69. The number of ether oxygens (including phenoxy) is 1. The number of alkyl halides is 4. The third-order valence-corrected chi connectivity index (χ3v) is 4.73. The first-order valence-corrected chi connectivity index (χ1v) is 11.0. The number of nitrogens with zero attached hydrogens (tertiary/aromatic N) is 2. The first-order valence-electron chi connectivity index (χ1n) is 8.83. The highest BCUT2D eigenvalue weighted by molar-refractivity contribution is 6.19. The Hall–Kier alpha value is -1.00. The zero-order valence-electron chi connectivity index (χ0n) is 15.1. The molecule has 0 aliphatic rings. The third-order valence-electron chi connectivity index (χ3n) is 4.06. The summed E-state index contributed by atoms with van der Waals surface area (Å²) in [7, 11) is 0. The molecular weight excluding hydrogens is 426 g/mol. The van der Waals surface area contributed by atoms with Gasteiger partial charge in [-0.25, -0.2) is 0 Å². The SMILES string of the molecule is ClCCN(CCCl)c1ccc(Oc2ccc(N(CCCl)CCCl)cc2)cc1. The fourth-order valence-corrected chi connectivity index (χ4v) is 3.55. The summed E-state index contributed by atoms with van der Waals surface area (Å²) in [6.45, 7) is 3.04. The molecule has 148 valence electrons. The lowest BCUT2D eigenvalue weighted by atomic mass is 10.2. The Balaban J connectivity index is 2.02. The van der Waals surface area contributed by atoms with Gasteiger partial charge in [0.2, 0.25) is 0 Å². The minimum absolute atomic E-state index is 0.561. The van der Waals surface area contributed by atoms with Crippen LogP contribution in [0.3, 0.4) is 0 Å². The van der Waals surface area contributed by atoms with Gasteiger partial charge in [-0.2, -0.15) is 0 Å². The number of anilines is 2. The topological polar surface area (TPSA) is 15.7 Å². The molecule has 0 spiro atoms. The number of hydrogen-bond acceptors (Lipinski definition) is 3. The van der Waals surface area contributed by atoms with E-state index in [1.165, 1.54) is 0 Å². The highest BCUT2D eigenvalue weighted by Crippen LogP contribution is 2.26. The maximum atomic E-state index is 5.95. The third kappa shape index (κ3) is 7.15. The average molecular weight is 450 g/mol. The Bertz CT molecular complexity index is 583. The lowest BCUT2D eigenvalue weighted by Gasteiger charge is -2.23. The molecule has 2 rings (SSSR count). The van der Waals surface area contributed by atoms with Crippen molar-refractivity contribution in [1.82, 2.24) is 0 Å². The standard InChI is InChI=1S/C20H24Cl4N2O/c21-9-13-25(14-10-22)17-1-5-19(6-2-17)27-20-7-3-18(4-8-20)26(15-11-23)16-12-24/h1-8H,9-16H2. The van der Waals surface area contributed by atoms with E-state index in [9.17, 15) is 0 Å². The number of hydrogen-bond donors (Lipinski definition) is 0. The van der Waals surface area contributed by atoms with E-state index in [1.807, 2.05) is 48.5 Å². The molecule has 0 N–H and O–H groups in total. The summed E-state index contributed by atoms with van der Waals surface area (Å²) in [6.07, 6.45) is 0. The second-order valence-electron chi connectivity index (χ2n) is 5.82. The first kappa shape index (κ1) is 22.3. The molecule has 27 heavy (non-hydrogen) atoms. The van der Waals surface area contributed by atoms with Gasteiger partial charge in [-0.05, 0) is 48.5 Å². The minimum Gasteiger partial charge on any atom is -0.457 e. The quantitative estimate of drug-likeness (QED) is 0.367. The predicted molar refractivity (Wildman–Crippen MR) is 120 cm³/mol. The summed E-state index contributed by atoms with van der Waals surface area (Å²) >= 11 is 23.5. The van der Waals surface area contributed by atoms with Crippen molar-refractivity contribution >= 4 is 57.8 Å². The van der Waals surface area contributed by atoms with Crippen molar-refractivity contribution < 1.29 is 4.74 Å². The van der Waals surface area contributed by atoms with E-state index in [1.54, 1.807) is 0 Å². The number of rotatable bonds is 12. The molecule has 0 radical (unpaired) electrons. The fourth-order valence-electron chi connectivity index (χ4n) is 2.73. The Labute approximate surface area is 181 Å². The molecule has 0 saturated carbocycles. The van der Waals surface area contributed by atoms with Gasteiger partial charge in [0.1, 0.15) is 11.5 Å². The van der Waals surface area contributed by atoms with Crippen LogP contribution in [0.5, 0.6) is 11.5 Å². The highest BCUT2D eigenvalue weighted by atomic mass is 35.5. The van der Waals surface area contributed by atoms with Crippen molar-refractivity contribution in [2.75, 3.05) is 59.5 Å². The van der Waals surface area contributed by atoms with Crippen LogP contribution < -0.4 is 14.5 Å². The molecule has 0 heterocycles. The van der Waals surface area contributed by atoms with E-state index < -0.39 is 0 Å². The summed E-state index contributed by atoms with van der Waals surface area (Å²) in [5.74, 6) is 3.80. The van der Waals surface area contributed by atoms with Crippen LogP contribution in [0.25, 0.3) is 0 Å². The molecule has 7 heteroatoms. The molecule has 0 saturated heterocycles. The van der Waals surface area contributed by atoms with Crippen LogP contribution >= 0.6 is 46.4 Å². The van der Waals surface area contributed by atoms with E-state index in [4.69, 9.17) is 51.1 Å². The molecule has 0 aliphatic carbocycles. The van der Waals surface area contributed by atoms with Crippen LogP contribution in [0.1, 0.15) is 0 Å². The van der Waals surface area contributed by atoms with Gasteiger partial charge in [0.15, 0.2) is 0 Å². The molecular formula is C20H24Cl4N2O. The molecule has 0 aromatic heterocycles. The van der Waals surface area contributed by atoms with E-state index in [0.29, 0.717) is 23.5 Å². The van der Waals surface area contributed by atoms with Crippen molar-refractivity contribution in [1.29, 1.82) is 0 Å². The Morgan fingerprint density at radius 3 is 1.07 bits per heavy atom. The summed E-state index contributed by atoms with van der Waals surface area (Å²) in [4.78, 5) is 4.31. The van der Waals surface area contributed by atoms with Gasteiger partial charge in [0.25, 0.3) is 0 Å². The summed E-state index contributed by atoms with van der Waals surface area (Å²) in [6, 6.07) is 15.9. The Morgan fingerprint density at radius 2 is 0.815 bits per heavy atom. The molecule has 0 atom stereocenters. The maximum Gasteiger partial charge on any atom is 0.127 e. The molecule has 0 fully saturated rings. The number of halogens is 4. The molecule has 2 aromatic carbocycles. The van der Waals surface area contributed by atoms with Crippen molar-refractivity contribution in [3.8, 4) is 11.5 Å². The predicted octanol–water partition coefficient (Wildman–Crippen LogP) is 6.05. The molecule has 2 aromatic rings. The summed E-state index contributed by atoms with van der Waals surface area (Å²) < 4.78 is 5.95. The van der Waals surface area contributed by atoms with Gasteiger partial charge in [-0.1, -0.05) is 0 Å². The van der Waals surface area contributed by atoms with Crippen LogP contribution in [0, 0.1) is 0 Å². The lowest BCUT2D eigenvalue weighted by molar-refractivity contribution is 0.482. The van der Waals surface area contributed by atoms with Crippen LogP contribution in [0.2, 0.25) is 0 Å². The van der Waals surface area contributed by atoms with Crippen LogP contribution in [-0.4, -0.2) is 49.7 Å². The summed E-state index contributed by atoms with van der Waals surface area (Å²) in [5.41, 5.74) is 2.16. The van der Waals surface area contributed by atoms with Gasteiger partial charge in [0.05, 0.1) is 0 Å². The molecule has 0 aliphatic heterocycles. The minimum atomic E-state index is 0.561. The van der Waals surface area contributed by atoms with E-state index in [2.05, 4.69) is 9.80 Å². The van der Waals surface area contributed by atoms with Crippen molar-refractivity contribution in [3.63, 3.8) is 0 Å². The molecule has 3 nitrogen and oxygen atoms in total. The summed E-state index contributed by atoms with van der Waals surface area (Å²) in [5, 5.41) is 0. The van der Waals surface area contributed by atoms with Gasteiger partial charge < -0.3 is 14.5 Å². The molecule has 0 amide bonds. The smallest absolute Gasteiger partial charge is 0.127 e. The zero-order valence-corrected chi connectivity index (χ0v) is 18.1. The van der Waals surface area contributed by atoms with Crippen LogP contribution in [0.4, 0.5) is 11.4 Å². The van der Waals surface area contributed by atoms with E-state index >= 15 is 0 Å². The Morgan fingerprint density at radius 1 is 0.519 bits per heavy atom. The second-order valence-corrected chi connectivity index (χ2v) is 7.33. The lowest BCUT2D eigenvalue weighted by Crippen LogP contribution is -2.27. The van der Waals surface area contributed by atoms with Gasteiger partial charge in [-0.3, -0.25) is 0 Å². The fraction of sp³-hybridized carbons (Fsp3) is 0.400. The zero-order chi connectivity index (χ0) is 19.5.